The molecule has 0 N–H and O–H groups in total. The molecule has 1 amide bonds. The van der Waals surface area contributed by atoms with Crippen LogP contribution in [0.5, 0.6) is 0 Å². The zero-order valence-electron chi connectivity index (χ0n) is 23.4. The molecule has 1 aliphatic heterocycles. The van der Waals surface area contributed by atoms with E-state index in [9.17, 15) is 9.59 Å². The molecule has 0 spiro atoms. The predicted molar refractivity (Wildman–Crippen MR) is 163 cm³/mol. The van der Waals surface area contributed by atoms with Crippen LogP contribution in [0.4, 0.5) is 0 Å². The van der Waals surface area contributed by atoms with Crippen molar-refractivity contribution in [3.63, 3.8) is 0 Å². The molecule has 1 aliphatic rings. The van der Waals surface area contributed by atoms with Crippen LogP contribution in [0.2, 0.25) is 0 Å². The van der Waals surface area contributed by atoms with Crippen molar-refractivity contribution in [2.45, 2.75) is 33.1 Å². The number of amides is 1. The normalized spacial score (nSPS) is 14.3. The Labute approximate surface area is 235 Å². The van der Waals surface area contributed by atoms with Crippen LogP contribution in [0.3, 0.4) is 0 Å². The van der Waals surface area contributed by atoms with Gasteiger partial charge in [-0.3, -0.25) is 9.59 Å². The van der Waals surface area contributed by atoms with E-state index in [1.165, 1.54) is 6.42 Å². The summed E-state index contributed by atoms with van der Waals surface area (Å²) in [4.78, 5) is 33.2. The molecule has 6 rings (SSSR count). The highest BCUT2D eigenvalue weighted by molar-refractivity contribution is 6.02. The highest BCUT2D eigenvalue weighted by Gasteiger charge is 2.24. The summed E-state index contributed by atoms with van der Waals surface area (Å²) in [6, 6.07) is 26.2. The number of piperidine rings is 1. The van der Waals surface area contributed by atoms with Crippen LogP contribution in [-0.2, 0) is 7.05 Å². The van der Waals surface area contributed by atoms with Gasteiger partial charge in [0, 0.05) is 48.2 Å². The van der Waals surface area contributed by atoms with Crippen molar-refractivity contribution >= 4 is 27.6 Å². The summed E-state index contributed by atoms with van der Waals surface area (Å²) in [5.41, 5.74) is 5.37. The van der Waals surface area contributed by atoms with E-state index in [-0.39, 0.29) is 11.5 Å². The molecule has 1 saturated heterocycles. The highest BCUT2D eigenvalue weighted by Crippen LogP contribution is 2.34. The van der Waals surface area contributed by atoms with Gasteiger partial charge in [0.15, 0.2) is 0 Å². The number of likely N-dealkylation sites (tertiary alicyclic amines) is 1. The SMILES string of the molecule is CC(C)CC1CCN(C(=O)c2ccc3c(-c4ccccc4)cc(-c4ccc5c(=O)n(C)ccc5c4)nc3c2)CC1. The summed E-state index contributed by atoms with van der Waals surface area (Å²) in [5.74, 6) is 1.49. The molecule has 3 heterocycles. The Kier molecular flexibility index (Phi) is 6.97. The summed E-state index contributed by atoms with van der Waals surface area (Å²) in [6.45, 7) is 6.17. The monoisotopic (exact) mass is 529 g/mol. The maximum Gasteiger partial charge on any atom is 0.258 e. The first-order valence-electron chi connectivity index (χ1n) is 14.3. The number of nitrogens with zero attached hydrogens (tertiary/aromatic N) is 3. The molecule has 40 heavy (non-hydrogen) atoms. The van der Waals surface area contributed by atoms with Crippen LogP contribution in [0.25, 0.3) is 44.1 Å². The number of rotatable bonds is 5. The second-order valence-corrected chi connectivity index (χ2v) is 11.6. The van der Waals surface area contributed by atoms with E-state index in [4.69, 9.17) is 4.98 Å². The van der Waals surface area contributed by atoms with Gasteiger partial charge in [-0.1, -0.05) is 56.3 Å². The Hall–Kier alpha value is -4.25. The maximum absolute atomic E-state index is 13.6. The molecule has 0 atom stereocenters. The molecule has 0 unspecified atom stereocenters. The van der Waals surface area contributed by atoms with Crippen LogP contribution in [0, 0.1) is 11.8 Å². The number of fused-ring (bicyclic) bond motifs is 2. The average Bonchev–Trinajstić information content (AvgIpc) is 2.98. The lowest BCUT2D eigenvalue weighted by Gasteiger charge is -2.32. The Balaban J connectivity index is 1.41. The molecule has 2 aromatic heterocycles. The van der Waals surface area contributed by atoms with E-state index in [1.807, 2.05) is 65.6 Å². The largest absolute Gasteiger partial charge is 0.339 e. The quantitative estimate of drug-likeness (QED) is 0.240. The first-order valence-corrected chi connectivity index (χ1v) is 14.3. The summed E-state index contributed by atoms with van der Waals surface area (Å²) in [6.07, 6.45) is 5.17. The van der Waals surface area contributed by atoms with Crippen molar-refractivity contribution in [2.24, 2.45) is 18.9 Å². The zero-order valence-corrected chi connectivity index (χ0v) is 23.4. The van der Waals surface area contributed by atoms with Gasteiger partial charge in [-0.2, -0.15) is 0 Å². The van der Waals surface area contributed by atoms with Crippen LogP contribution < -0.4 is 5.56 Å². The van der Waals surface area contributed by atoms with Gasteiger partial charge >= 0.3 is 0 Å². The third kappa shape index (κ3) is 5.04. The highest BCUT2D eigenvalue weighted by atomic mass is 16.2. The number of hydrogen-bond acceptors (Lipinski definition) is 3. The lowest BCUT2D eigenvalue weighted by molar-refractivity contribution is 0.0681. The summed E-state index contributed by atoms with van der Waals surface area (Å²) in [5, 5.41) is 2.58. The number of carbonyl (C=O) groups is 1. The number of aryl methyl sites for hydroxylation is 1. The van der Waals surface area contributed by atoms with Crippen molar-refractivity contribution in [1.82, 2.24) is 14.5 Å². The van der Waals surface area contributed by atoms with Gasteiger partial charge in [0.2, 0.25) is 0 Å². The third-order valence-electron chi connectivity index (χ3n) is 8.22. The smallest absolute Gasteiger partial charge is 0.258 e. The topological polar surface area (TPSA) is 55.2 Å². The van der Waals surface area contributed by atoms with E-state index in [1.54, 1.807) is 17.8 Å². The fourth-order valence-electron chi connectivity index (χ4n) is 6.09. The predicted octanol–water partition coefficient (Wildman–Crippen LogP) is 7.32. The number of carbonyl (C=O) groups excluding carboxylic acids is 1. The summed E-state index contributed by atoms with van der Waals surface area (Å²) >= 11 is 0. The molecule has 5 aromatic rings. The molecule has 0 saturated carbocycles. The van der Waals surface area contributed by atoms with Crippen molar-refractivity contribution in [3.8, 4) is 22.4 Å². The zero-order chi connectivity index (χ0) is 27.8. The van der Waals surface area contributed by atoms with E-state index < -0.39 is 0 Å². The number of pyridine rings is 2. The van der Waals surface area contributed by atoms with Crippen molar-refractivity contribution in [2.75, 3.05) is 13.1 Å². The number of benzene rings is 3. The summed E-state index contributed by atoms with van der Waals surface area (Å²) in [7, 11) is 1.76. The molecule has 0 radical (unpaired) electrons. The van der Waals surface area contributed by atoms with Gasteiger partial charge < -0.3 is 9.47 Å². The van der Waals surface area contributed by atoms with Crippen molar-refractivity contribution < 1.29 is 4.79 Å². The fourth-order valence-corrected chi connectivity index (χ4v) is 6.09. The Morgan fingerprint density at radius 2 is 1.65 bits per heavy atom. The molecule has 1 fully saturated rings. The Bertz CT molecular complexity index is 1760. The third-order valence-corrected chi connectivity index (χ3v) is 8.22. The van der Waals surface area contributed by atoms with Crippen LogP contribution >= 0.6 is 0 Å². The van der Waals surface area contributed by atoms with Crippen LogP contribution in [0.15, 0.2) is 89.9 Å². The average molecular weight is 530 g/mol. The van der Waals surface area contributed by atoms with Gasteiger partial charge in [0.25, 0.3) is 11.5 Å². The van der Waals surface area contributed by atoms with E-state index >= 15 is 0 Å². The minimum Gasteiger partial charge on any atom is -0.339 e. The molecular formula is C35H35N3O2. The van der Waals surface area contributed by atoms with Crippen molar-refractivity contribution in [3.05, 3.63) is 101 Å². The van der Waals surface area contributed by atoms with Gasteiger partial charge in [0.1, 0.15) is 0 Å². The summed E-state index contributed by atoms with van der Waals surface area (Å²) < 4.78 is 1.59. The molecule has 0 bridgehead atoms. The Morgan fingerprint density at radius 3 is 2.40 bits per heavy atom. The lowest BCUT2D eigenvalue weighted by atomic mass is 9.88. The van der Waals surface area contributed by atoms with Crippen LogP contribution in [0.1, 0.15) is 43.5 Å². The van der Waals surface area contributed by atoms with Gasteiger partial charge in [0.05, 0.1) is 11.2 Å². The molecule has 5 nitrogen and oxygen atoms in total. The van der Waals surface area contributed by atoms with Gasteiger partial charge in [-0.25, -0.2) is 4.98 Å². The second kappa shape index (κ2) is 10.7. The Morgan fingerprint density at radius 1 is 0.900 bits per heavy atom. The maximum atomic E-state index is 13.6. The van der Waals surface area contributed by atoms with Crippen LogP contribution in [-0.4, -0.2) is 33.4 Å². The van der Waals surface area contributed by atoms with Crippen molar-refractivity contribution in [1.29, 1.82) is 0 Å². The number of hydrogen-bond donors (Lipinski definition) is 0. The van der Waals surface area contributed by atoms with Gasteiger partial charge in [-0.15, -0.1) is 0 Å². The molecular weight excluding hydrogens is 494 g/mol. The van der Waals surface area contributed by atoms with Gasteiger partial charge in [-0.05, 0) is 84.0 Å². The first-order chi connectivity index (χ1) is 19.4. The van der Waals surface area contributed by atoms with E-state index in [2.05, 4.69) is 32.0 Å². The van der Waals surface area contributed by atoms with E-state index in [0.29, 0.717) is 22.8 Å². The standard InChI is InChI=1S/C35H35N3O2/c1-23(2)19-24-13-17-38(18-14-24)34(39)28-10-12-30-31(25-7-5-4-6-8-25)22-32(36-33(30)21-28)27-9-11-29-26(20-27)15-16-37(3)35(29)40/h4-12,15-16,20-24H,13-14,17-19H2,1-3H3. The molecule has 202 valence electrons. The lowest BCUT2D eigenvalue weighted by Crippen LogP contribution is -2.38. The number of aromatic nitrogens is 2. The molecule has 3 aromatic carbocycles. The molecule has 0 aliphatic carbocycles. The minimum absolute atomic E-state index is 0.0168. The minimum atomic E-state index is -0.0168. The molecule has 5 heteroatoms. The van der Waals surface area contributed by atoms with E-state index in [0.717, 1.165) is 64.6 Å². The second-order valence-electron chi connectivity index (χ2n) is 11.6. The fraction of sp³-hybridized carbons (Fsp3) is 0.286. The first kappa shape index (κ1) is 26.0.